The first-order chi connectivity index (χ1) is 3.93. The number of aromatic nitrogens is 2. The van der Waals surface area contributed by atoms with Crippen LogP contribution in [0.5, 0.6) is 0 Å². The summed E-state index contributed by atoms with van der Waals surface area (Å²) in [7, 11) is 0. The molecule has 0 fully saturated rings. The van der Waals surface area contributed by atoms with Gasteiger partial charge in [-0.15, -0.1) is 0 Å². The molecule has 1 rings (SSSR count). The van der Waals surface area contributed by atoms with Crippen LogP contribution in [-0.4, -0.2) is 14.5 Å². The van der Waals surface area contributed by atoms with Crippen molar-refractivity contribution in [2.45, 2.75) is 4.43 Å². The van der Waals surface area contributed by atoms with Gasteiger partial charge < -0.3 is 0 Å². The van der Waals surface area contributed by atoms with Gasteiger partial charge in [-0.2, -0.15) is 0 Å². The Hall–Kier alpha value is 0.290. The first-order valence-corrected chi connectivity index (χ1v) is 6.65. The second-order valence-corrected chi connectivity index (χ2v) is 4.20. The maximum absolute atomic E-state index is 3.90. The van der Waals surface area contributed by atoms with Crippen molar-refractivity contribution in [2.24, 2.45) is 0 Å². The Balaban J connectivity index is 2.50. The Morgan fingerprint density at radius 2 is 2.75 bits per heavy atom. The van der Waals surface area contributed by atoms with Gasteiger partial charge in [0.25, 0.3) is 0 Å². The zero-order chi connectivity index (χ0) is 5.82. The standard InChI is InChI=1S/C4H6IN2S/c1-5-2-4-3-8-7-6-4/h3H,2H2,1H3/q-1. The van der Waals surface area contributed by atoms with Crippen molar-refractivity contribution >= 4 is 11.5 Å². The number of alkyl halides is 2. The van der Waals surface area contributed by atoms with Crippen molar-refractivity contribution in [2.75, 3.05) is 4.93 Å². The molecule has 1 heterocycles. The van der Waals surface area contributed by atoms with Crippen LogP contribution in [0.1, 0.15) is 5.69 Å². The van der Waals surface area contributed by atoms with E-state index < -0.39 is 0 Å². The molecule has 2 nitrogen and oxygen atoms in total. The van der Waals surface area contributed by atoms with Gasteiger partial charge in [0.1, 0.15) is 0 Å². The van der Waals surface area contributed by atoms with E-state index in [0.717, 1.165) is 0 Å². The molecule has 0 bridgehead atoms. The molecule has 46 valence electrons. The summed E-state index contributed by atoms with van der Waals surface area (Å²) in [6, 6.07) is 0. The summed E-state index contributed by atoms with van der Waals surface area (Å²) in [4.78, 5) is 2.25. The van der Waals surface area contributed by atoms with Crippen molar-refractivity contribution in [1.82, 2.24) is 9.59 Å². The van der Waals surface area contributed by atoms with Gasteiger partial charge >= 0.3 is 62.8 Å². The van der Waals surface area contributed by atoms with Crippen molar-refractivity contribution < 1.29 is 21.2 Å². The molecule has 0 saturated heterocycles. The number of hydrogen-bond donors (Lipinski definition) is 0. The maximum atomic E-state index is 3.90. The van der Waals surface area contributed by atoms with Crippen LogP contribution < -0.4 is 21.2 Å². The molecule has 0 aliphatic heterocycles. The molecular weight excluding hydrogens is 235 g/mol. The van der Waals surface area contributed by atoms with Gasteiger partial charge in [-0.1, -0.05) is 0 Å². The second kappa shape index (κ2) is 3.34. The quantitative estimate of drug-likeness (QED) is 0.432. The predicted octanol–water partition coefficient (Wildman–Crippen LogP) is -2.24. The minimum atomic E-state index is 0.359. The van der Waals surface area contributed by atoms with Gasteiger partial charge in [-0.05, 0) is 0 Å². The summed E-state index contributed by atoms with van der Waals surface area (Å²) in [6.45, 7) is 0. The van der Waals surface area contributed by atoms with Crippen LogP contribution in [-0.2, 0) is 4.43 Å². The zero-order valence-electron chi connectivity index (χ0n) is 4.47. The average Bonchev–Trinajstić information content (AvgIpc) is 2.19. The van der Waals surface area contributed by atoms with Crippen molar-refractivity contribution in [1.29, 1.82) is 0 Å². The number of rotatable bonds is 2. The Kier molecular flexibility index (Phi) is 2.68. The third-order valence-corrected chi connectivity index (χ3v) is 2.77. The number of hydrogen-bond acceptors (Lipinski definition) is 3. The summed E-state index contributed by atoms with van der Waals surface area (Å²) >= 11 is 1.80. The fraction of sp³-hybridized carbons (Fsp3) is 0.500. The molecule has 0 aliphatic rings. The van der Waals surface area contributed by atoms with Crippen LogP contribution in [0.25, 0.3) is 0 Å². The van der Waals surface area contributed by atoms with E-state index >= 15 is 0 Å². The molecule has 0 atom stereocenters. The van der Waals surface area contributed by atoms with E-state index in [0.29, 0.717) is 21.2 Å². The van der Waals surface area contributed by atoms with E-state index in [1.807, 2.05) is 5.38 Å². The van der Waals surface area contributed by atoms with Gasteiger partial charge in [0.05, 0.1) is 0 Å². The van der Waals surface area contributed by atoms with Gasteiger partial charge in [-0.3, -0.25) is 0 Å². The summed E-state index contributed by atoms with van der Waals surface area (Å²) in [5, 5.41) is 5.92. The molecule has 0 amide bonds. The van der Waals surface area contributed by atoms with Gasteiger partial charge in [0.15, 0.2) is 0 Å². The fourth-order valence-electron chi connectivity index (χ4n) is 0.379. The summed E-state index contributed by atoms with van der Waals surface area (Å²) in [5.41, 5.74) is 1.17. The molecule has 4 heteroatoms. The molecule has 0 unspecified atom stereocenters. The Labute approximate surface area is 62.7 Å². The molecular formula is C4H6IN2S-. The van der Waals surface area contributed by atoms with Crippen LogP contribution in [0.4, 0.5) is 0 Å². The third kappa shape index (κ3) is 1.66. The summed E-state index contributed by atoms with van der Waals surface area (Å²) < 4.78 is 4.93. The second-order valence-electron chi connectivity index (χ2n) is 1.30. The van der Waals surface area contributed by atoms with E-state index in [-0.39, 0.29) is 0 Å². The molecule has 0 spiro atoms. The van der Waals surface area contributed by atoms with Gasteiger partial charge in [-0.25, -0.2) is 0 Å². The van der Waals surface area contributed by atoms with Gasteiger partial charge in [0, 0.05) is 0 Å². The van der Waals surface area contributed by atoms with Crippen LogP contribution in [0, 0.1) is 0 Å². The minimum absolute atomic E-state index is 0.359. The van der Waals surface area contributed by atoms with Crippen LogP contribution in [0.15, 0.2) is 5.38 Å². The fourth-order valence-corrected chi connectivity index (χ4v) is 2.28. The molecule has 0 saturated carbocycles. The molecule has 0 aromatic carbocycles. The molecule has 0 N–H and O–H groups in total. The van der Waals surface area contributed by atoms with Crippen molar-refractivity contribution in [3.8, 4) is 0 Å². The van der Waals surface area contributed by atoms with Crippen molar-refractivity contribution in [3.63, 3.8) is 0 Å². The third-order valence-electron chi connectivity index (χ3n) is 0.676. The van der Waals surface area contributed by atoms with E-state index in [1.54, 1.807) is 0 Å². The normalized spacial score (nSPS) is 10.1. The molecule has 8 heavy (non-hydrogen) atoms. The van der Waals surface area contributed by atoms with Crippen LogP contribution >= 0.6 is 11.5 Å². The van der Waals surface area contributed by atoms with Crippen LogP contribution in [0.3, 0.4) is 0 Å². The topological polar surface area (TPSA) is 25.8 Å². The van der Waals surface area contributed by atoms with Crippen LogP contribution in [0.2, 0.25) is 0 Å². The predicted molar refractivity (Wildman–Crippen MR) is 29.5 cm³/mol. The molecule has 1 aromatic rings. The summed E-state index contributed by atoms with van der Waals surface area (Å²) in [6.07, 6.45) is 0. The Bertz CT molecular complexity index is 140. The Morgan fingerprint density at radius 1 is 1.88 bits per heavy atom. The van der Waals surface area contributed by atoms with Crippen molar-refractivity contribution in [3.05, 3.63) is 11.1 Å². The van der Waals surface area contributed by atoms with E-state index in [1.165, 1.54) is 21.7 Å². The first-order valence-electron chi connectivity index (χ1n) is 2.13. The van der Waals surface area contributed by atoms with E-state index in [2.05, 4.69) is 14.5 Å². The van der Waals surface area contributed by atoms with Gasteiger partial charge in [0.2, 0.25) is 0 Å². The monoisotopic (exact) mass is 241 g/mol. The number of halogens is 1. The van der Waals surface area contributed by atoms with E-state index in [9.17, 15) is 0 Å². The van der Waals surface area contributed by atoms with E-state index in [4.69, 9.17) is 0 Å². The Morgan fingerprint density at radius 3 is 3.25 bits per heavy atom. The zero-order valence-corrected chi connectivity index (χ0v) is 7.44. The molecule has 1 aromatic heterocycles. The summed E-state index contributed by atoms with van der Waals surface area (Å²) in [5.74, 6) is 0. The first kappa shape index (κ1) is 6.41. The SMILES string of the molecule is C[I-]Cc1csnn1. The number of nitrogens with zero attached hydrogens (tertiary/aromatic N) is 2. The molecule has 0 radical (unpaired) electrons. The average molecular weight is 241 g/mol. The molecule has 0 aliphatic carbocycles.